The van der Waals surface area contributed by atoms with Crippen LogP contribution in [0.15, 0.2) is 0 Å². The van der Waals surface area contributed by atoms with E-state index in [1.54, 1.807) is 0 Å². The lowest BCUT2D eigenvalue weighted by molar-refractivity contribution is -0.147. The Morgan fingerprint density at radius 2 is 2.30 bits per heavy atom. The first-order chi connectivity index (χ1) is 4.88. The molecule has 1 heterocycles. The summed E-state index contributed by atoms with van der Waals surface area (Å²) in [5, 5.41) is 0. The zero-order chi connectivity index (χ0) is 6.72. The van der Waals surface area contributed by atoms with Gasteiger partial charge in [-0.05, 0) is 25.2 Å². The van der Waals surface area contributed by atoms with Gasteiger partial charge in [-0.25, -0.2) is 0 Å². The Morgan fingerprint density at radius 3 is 3.00 bits per heavy atom. The molecule has 0 N–H and O–H groups in total. The Kier molecular flexibility index (Phi) is 0.715. The van der Waals surface area contributed by atoms with E-state index in [1.807, 2.05) is 0 Å². The first-order valence-corrected chi connectivity index (χ1v) is 4.08. The minimum absolute atomic E-state index is 0.0969. The minimum atomic E-state index is 0.0969. The van der Waals surface area contributed by atoms with E-state index in [1.165, 1.54) is 12.8 Å². The van der Waals surface area contributed by atoms with E-state index in [4.69, 9.17) is 4.74 Å². The largest absolute Gasteiger partial charge is 0.462 e. The van der Waals surface area contributed by atoms with Crippen LogP contribution < -0.4 is 0 Å². The summed E-state index contributed by atoms with van der Waals surface area (Å²) in [6, 6.07) is 0. The van der Waals surface area contributed by atoms with Crippen molar-refractivity contribution < 1.29 is 9.53 Å². The van der Waals surface area contributed by atoms with Gasteiger partial charge < -0.3 is 4.74 Å². The summed E-state index contributed by atoms with van der Waals surface area (Å²) in [5.41, 5.74) is 0. The van der Waals surface area contributed by atoms with Gasteiger partial charge >= 0.3 is 5.97 Å². The molecule has 2 aliphatic carbocycles. The first-order valence-electron chi connectivity index (χ1n) is 4.08. The van der Waals surface area contributed by atoms with Crippen molar-refractivity contribution in [2.24, 2.45) is 17.8 Å². The topological polar surface area (TPSA) is 26.3 Å². The molecule has 0 aromatic heterocycles. The maximum Gasteiger partial charge on any atom is 0.309 e. The number of carbonyl (C=O) groups excluding carboxylic acids is 1. The molecule has 2 heteroatoms. The lowest BCUT2D eigenvalue weighted by Gasteiger charge is -2.19. The quantitative estimate of drug-likeness (QED) is 0.466. The summed E-state index contributed by atoms with van der Waals surface area (Å²) in [6.07, 6.45) is 4.01. The molecule has 2 saturated carbocycles. The van der Waals surface area contributed by atoms with Gasteiger partial charge in [-0.1, -0.05) is 0 Å². The summed E-state index contributed by atoms with van der Waals surface area (Å²) in [6.45, 7) is 0. The number of fused-ring (bicyclic) bond motifs is 1. The summed E-state index contributed by atoms with van der Waals surface area (Å²) in [5.74, 6) is 1.83. The third-order valence-electron chi connectivity index (χ3n) is 3.22. The van der Waals surface area contributed by atoms with Gasteiger partial charge in [-0.3, -0.25) is 4.79 Å². The fourth-order valence-electron chi connectivity index (χ4n) is 2.72. The van der Waals surface area contributed by atoms with E-state index in [0.29, 0.717) is 17.9 Å². The van der Waals surface area contributed by atoms with Crippen LogP contribution in [0.2, 0.25) is 0 Å². The molecule has 2 nitrogen and oxygen atoms in total. The highest BCUT2D eigenvalue weighted by Gasteiger charge is 2.66. The molecular formula is C8H10O2. The Labute approximate surface area is 59.6 Å². The Bertz CT molecular complexity index is 199. The predicted molar refractivity (Wildman–Crippen MR) is 34.2 cm³/mol. The van der Waals surface area contributed by atoms with Crippen LogP contribution in [0.25, 0.3) is 0 Å². The maximum atomic E-state index is 11.0. The molecule has 3 fully saturated rings. The van der Waals surface area contributed by atoms with Crippen molar-refractivity contribution in [2.75, 3.05) is 0 Å². The van der Waals surface area contributed by atoms with Crippen molar-refractivity contribution in [1.29, 1.82) is 0 Å². The minimum Gasteiger partial charge on any atom is -0.462 e. The second kappa shape index (κ2) is 1.39. The highest BCUT2D eigenvalue weighted by atomic mass is 16.6. The van der Waals surface area contributed by atoms with Gasteiger partial charge in [0.1, 0.15) is 6.10 Å². The molecule has 1 saturated heterocycles. The SMILES string of the molecule is O=C1O[C@H]2CCCC3C1[C@H]32. The Morgan fingerprint density at radius 1 is 1.40 bits per heavy atom. The van der Waals surface area contributed by atoms with E-state index < -0.39 is 0 Å². The van der Waals surface area contributed by atoms with Gasteiger partial charge in [0.05, 0.1) is 5.92 Å². The molecule has 3 aliphatic rings. The fraction of sp³-hybridized carbons (Fsp3) is 0.875. The maximum absolute atomic E-state index is 11.0. The standard InChI is InChI=1S/C8H10O2/c9-8-7-4-2-1-3-5(10-8)6(4)7/h4-7H,1-3H2/t4?,5-,6+,7?/m0/s1. The van der Waals surface area contributed by atoms with E-state index >= 15 is 0 Å². The molecule has 0 bridgehead atoms. The molecule has 2 unspecified atom stereocenters. The molecule has 3 rings (SSSR count). The van der Waals surface area contributed by atoms with Gasteiger partial charge in [0.15, 0.2) is 0 Å². The van der Waals surface area contributed by atoms with Crippen LogP contribution >= 0.6 is 0 Å². The molecule has 0 aromatic rings. The highest BCUT2D eigenvalue weighted by molar-refractivity contribution is 5.79. The smallest absolute Gasteiger partial charge is 0.309 e. The summed E-state index contributed by atoms with van der Waals surface area (Å²) in [7, 11) is 0. The third kappa shape index (κ3) is 0.414. The molecule has 0 amide bonds. The van der Waals surface area contributed by atoms with Crippen molar-refractivity contribution in [1.82, 2.24) is 0 Å². The monoisotopic (exact) mass is 138 g/mol. The van der Waals surface area contributed by atoms with E-state index in [2.05, 4.69) is 0 Å². The van der Waals surface area contributed by atoms with Gasteiger partial charge in [0.25, 0.3) is 0 Å². The number of hydrogen-bond donors (Lipinski definition) is 0. The van der Waals surface area contributed by atoms with Crippen LogP contribution in [0.3, 0.4) is 0 Å². The fourth-order valence-corrected chi connectivity index (χ4v) is 2.72. The second-order valence-corrected chi connectivity index (χ2v) is 3.67. The van der Waals surface area contributed by atoms with Crippen molar-refractivity contribution in [3.8, 4) is 0 Å². The Hall–Kier alpha value is -0.530. The van der Waals surface area contributed by atoms with Gasteiger partial charge in [0.2, 0.25) is 0 Å². The number of ether oxygens (including phenoxy) is 1. The average molecular weight is 138 g/mol. The van der Waals surface area contributed by atoms with Crippen molar-refractivity contribution in [3.05, 3.63) is 0 Å². The van der Waals surface area contributed by atoms with Crippen molar-refractivity contribution >= 4 is 5.97 Å². The van der Waals surface area contributed by atoms with Gasteiger partial charge in [0, 0.05) is 5.92 Å². The van der Waals surface area contributed by atoms with Crippen LogP contribution in [0, 0.1) is 17.8 Å². The molecule has 1 aliphatic heterocycles. The number of carbonyl (C=O) groups is 1. The number of rotatable bonds is 0. The Balaban J connectivity index is 1.95. The zero-order valence-corrected chi connectivity index (χ0v) is 5.75. The second-order valence-electron chi connectivity index (χ2n) is 3.67. The summed E-state index contributed by atoms with van der Waals surface area (Å²) in [4.78, 5) is 11.0. The summed E-state index contributed by atoms with van der Waals surface area (Å²) >= 11 is 0. The summed E-state index contributed by atoms with van der Waals surface area (Å²) < 4.78 is 5.16. The van der Waals surface area contributed by atoms with Crippen LogP contribution in [0.5, 0.6) is 0 Å². The third-order valence-corrected chi connectivity index (χ3v) is 3.22. The van der Waals surface area contributed by atoms with Gasteiger partial charge in [-0.15, -0.1) is 0 Å². The number of esters is 1. The zero-order valence-electron chi connectivity index (χ0n) is 5.75. The molecule has 0 radical (unpaired) electrons. The molecule has 54 valence electrons. The van der Waals surface area contributed by atoms with Crippen LogP contribution in [-0.2, 0) is 9.53 Å². The molecule has 0 aromatic carbocycles. The van der Waals surface area contributed by atoms with Crippen LogP contribution in [0.4, 0.5) is 0 Å². The molecular weight excluding hydrogens is 128 g/mol. The lowest BCUT2D eigenvalue weighted by Crippen LogP contribution is -2.20. The highest BCUT2D eigenvalue weighted by Crippen LogP contribution is 2.60. The van der Waals surface area contributed by atoms with Crippen molar-refractivity contribution in [3.63, 3.8) is 0 Å². The van der Waals surface area contributed by atoms with Crippen LogP contribution in [0.1, 0.15) is 19.3 Å². The normalized spacial score (nSPS) is 55.8. The van der Waals surface area contributed by atoms with E-state index in [9.17, 15) is 4.79 Å². The average Bonchev–Trinajstić information content (AvgIpc) is 2.51. The van der Waals surface area contributed by atoms with Crippen molar-refractivity contribution in [2.45, 2.75) is 25.4 Å². The molecule has 10 heavy (non-hydrogen) atoms. The first kappa shape index (κ1) is 5.16. The van der Waals surface area contributed by atoms with Crippen LogP contribution in [-0.4, -0.2) is 12.1 Å². The van der Waals surface area contributed by atoms with E-state index in [0.717, 1.165) is 12.3 Å². The van der Waals surface area contributed by atoms with Gasteiger partial charge in [-0.2, -0.15) is 0 Å². The molecule has 4 atom stereocenters. The predicted octanol–water partition coefficient (Wildman–Crippen LogP) is 0.958. The lowest BCUT2D eigenvalue weighted by atomic mass is 9.98. The molecule has 0 spiro atoms. The number of hydrogen-bond acceptors (Lipinski definition) is 2. The van der Waals surface area contributed by atoms with E-state index in [-0.39, 0.29) is 5.97 Å².